The molecule has 2 N–H and O–H groups in total. The average molecular weight is 445 g/mol. The molecule has 2 aromatic carbocycles. The predicted octanol–water partition coefficient (Wildman–Crippen LogP) is 5.01. The molecule has 33 heavy (non-hydrogen) atoms. The summed E-state index contributed by atoms with van der Waals surface area (Å²) < 4.78 is 5.01. The van der Waals surface area contributed by atoms with Crippen molar-refractivity contribution in [3.63, 3.8) is 0 Å². The van der Waals surface area contributed by atoms with Crippen LogP contribution in [0, 0.1) is 0 Å². The fourth-order valence-electron chi connectivity index (χ4n) is 6.06. The van der Waals surface area contributed by atoms with Crippen LogP contribution in [0.4, 0.5) is 5.69 Å². The first-order valence-electron chi connectivity index (χ1n) is 12.2. The molecule has 3 aliphatic rings. The van der Waals surface area contributed by atoms with Crippen molar-refractivity contribution >= 4 is 23.1 Å². The second-order valence-corrected chi connectivity index (χ2v) is 9.55. The topological polar surface area (TPSA) is 67.4 Å². The lowest BCUT2D eigenvalue weighted by Gasteiger charge is -2.34. The van der Waals surface area contributed by atoms with E-state index in [4.69, 9.17) is 4.74 Å². The summed E-state index contributed by atoms with van der Waals surface area (Å²) in [4.78, 5) is 25.5. The molecule has 2 aromatic rings. The number of hydrogen-bond donors (Lipinski definition) is 2. The molecule has 0 bridgehead atoms. The van der Waals surface area contributed by atoms with Gasteiger partial charge in [-0.2, -0.15) is 0 Å². The van der Waals surface area contributed by atoms with Crippen molar-refractivity contribution in [3.05, 3.63) is 70.8 Å². The van der Waals surface area contributed by atoms with Crippen molar-refractivity contribution in [2.75, 3.05) is 19.0 Å². The van der Waals surface area contributed by atoms with Gasteiger partial charge in [0.05, 0.1) is 18.1 Å². The highest BCUT2D eigenvalue weighted by atomic mass is 16.5. The molecule has 5 heteroatoms. The fraction of sp³-hybridized carbons (Fsp3) is 0.429. The van der Waals surface area contributed by atoms with E-state index in [0.717, 1.165) is 74.7 Å². The van der Waals surface area contributed by atoms with Crippen molar-refractivity contribution < 1.29 is 14.3 Å². The van der Waals surface area contributed by atoms with Crippen molar-refractivity contribution in [2.45, 2.75) is 62.8 Å². The number of rotatable bonds is 7. The van der Waals surface area contributed by atoms with Gasteiger partial charge in [-0.25, -0.2) is 4.79 Å². The van der Waals surface area contributed by atoms with Crippen LogP contribution in [-0.2, 0) is 21.4 Å². The van der Waals surface area contributed by atoms with Crippen LogP contribution in [-0.4, -0.2) is 31.6 Å². The zero-order valence-electron chi connectivity index (χ0n) is 19.3. The molecule has 5 rings (SSSR count). The highest BCUT2D eigenvalue weighted by molar-refractivity contribution is 6.08. The van der Waals surface area contributed by atoms with Gasteiger partial charge in [-0.1, -0.05) is 49.2 Å². The van der Waals surface area contributed by atoms with E-state index in [2.05, 4.69) is 47.0 Å². The van der Waals surface area contributed by atoms with Crippen LogP contribution >= 0.6 is 0 Å². The van der Waals surface area contributed by atoms with Gasteiger partial charge in [-0.15, -0.1) is 0 Å². The number of methoxy groups -OCH3 is 1. The number of carbonyl (C=O) groups excluding carboxylic acids is 2. The van der Waals surface area contributed by atoms with Crippen LogP contribution < -0.4 is 10.6 Å². The first kappa shape index (κ1) is 21.9. The summed E-state index contributed by atoms with van der Waals surface area (Å²) in [6.45, 7) is 0.911. The van der Waals surface area contributed by atoms with Gasteiger partial charge in [0.25, 0.3) is 0 Å². The number of esters is 1. The van der Waals surface area contributed by atoms with Crippen molar-refractivity contribution in [3.8, 4) is 0 Å². The maximum absolute atomic E-state index is 13.2. The lowest BCUT2D eigenvalue weighted by molar-refractivity contribution is -0.121. The SMILES string of the molecule is COC(=O)c1ccc2c3c1CCCC3(CCCCC1CC(c3ccccc3)=CCN1)C(=O)N2. The highest BCUT2D eigenvalue weighted by Crippen LogP contribution is 2.50. The summed E-state index contributed by atoms with van der Waals surface area (Å²) in [7, 11) is 1.42. The second-order valence-electron chi connectivity index (χ2n) is 9.55. The third-order valence-electron chi connectivity index (χ3n) is 7.68. The Balaban J connectivity index is 1.25. The number of anilines is 1. The Bertz CT molecular complexity index is 1090. The van der Waals surface area contributed by atoms with Crippen LogP contribution in [0.3, 0.4) is 0 Å². The summed E-state index contributed by atoms with van der Waals surface area (Å²) in [5.74, 6) is -0.209. The fourth-order valence-corrected chi connectivity index (χ4v) is 6.06. The smallest absolute Gasteiger partial charge is 0.338 e. The molecule has 0 fully saturated rings. The molecule has 2 unspecified atom stereocenters. The number of ether oxygens (including phenoxy) is 1. The number of unbranched alkanes of at least 4 members (excludes halogenated alkanes) is 1. The lowest BCUT2D eigenvalue weighted by Crippen LogP contribution is -2.38. The maximum Gasteiger partial charge on any atom is 0.338 e. The van der Waals surface area contributed by atoms with Crippen LogP contribution in [0.25, 0.3) is 5.57 Å². The Labute approximate surface area is 195 Å². The van der Waals surface area contributed by atoms with Crippen LogP contribution in [0.2, 0.25) is 0 Å². The Morgan fingerprint density at radius 1 is 1.15 bits per heavy atom. The molecule has 0 radical (unpaired) electrons. The summed E-state index contributed by atoms with van der Waals surface area (Å²) in [6.07, 6.45) is 9.95. The van der Waals surface area contributed by atoms with E-state index in [-0.39, 0.29) is 11.9 Å². The number of hydrogen-bond acceptors (Lipinski definition) is 4. The van der Waals surface area contributed by atoms with E-state index in [0.29, 0.717) is 11.6 Å². The summed E-state index contributed by atoms with van der Waals surface area (Å²) >= 11 is 0. The molecule has 2 heterocycles. The molecular formula is C28H32N2O3. The Morgan fingerprint density at radius 2 is 2.00 bits per heavy atom. The summed E-state index contributed by atoms with van der Waals surface area (Å²) in [5, 5.41) is 6.74. The first-order chi connectivity index (χ1) is 16.1. The van der Waals surface area contributed by atoms with Crippen molar-refractivity contribution in [2.24, 2.45) is 0 Å². The second kappa shape index (κ2) is 9.14. The Hall–Kier alpha value is -2.92. The molecule has 0 spiro atoms. The largest absolute Gasteiger partial charge is 0.465 e. The van der Waals surface area contributed by atoms with E-state index in [1.165, 1.54) is 18.2 Å². The minimum Gasteiger partial charge on any atom is -0.465 e. The molecule has 2 aliphatic heterocycles. The number of amides is 1. The molecule has 2 atom stereocenters. The third-order valence-corrected chi connectivity index (χ3v) is 7.68. The van der Waals surface area contributed by atoms with Gasteiger partial charge in [0, 0.05) is 18.3 Å². The minimum atomic E-state index is -0.498. The average Bonchev–Trinajstić information content (AvgIpc) is 3.15. The number of benzene rings is 2. The van der Waals surface area contributed by atoms with Gasteiger partial charge in [-0.05, 0) is 72.9 Å². The zero-order chi connectivity index (χ0) is 22.8. The van der Waals surface area contributed by atoms with Crippen LogP contribution in [0.5, 0.6) is 0 Å². The summed E-state index contributed by atoms with van der Waals surface area (Å²) in [6, 6.07) is 14.8. The monoisotopic (exact) mass is 444 g/mol. The molecule has 0 aromatic heterocycles. The van der Waals surface area contributed by atoms with E-state index >= 15 is 0 Å². The van der Waals surface area contributed by atoms with E-state index in [1.54, 1.807) is 6.07 Å². The number of carbonyl (C=O) groups is 2. The molecule has 0 saturated carbocycles. The Morgan fingerprint density at radius 3 is 2.82 bits per heavy atom. The third kappa shape index (κ3) is 3.99. The molecule has 1 amide bonds. The van der Waals surface area contributed by atoms with Gasteiger partial charge in [0.1, 0.15) is 0 Å². The first-order valence-corrected chi connectivity index (χ1v) is 12.2. The molecule has 172 valence electrons. The van der Waals surface area contributed by atoms with Gasteiger partial charge >= 0.3 is 5.97 Å². The number of nitrogens with one attached hydrogen (secondary N) is 2. The quantitative estimate of drug-likeness (QED) is 0.466. The molecule has 0 saturated heterocycles. The van der Waals surface area contributed by atoms with Gasteiger partial charge in [-0.3, -0.25) is 4.79 Å². The van der Waals surface area contributed by atoms with Crippen molar-refractivity contribution in [1.29, 1.82) is 0 Å². The van der Waals surface area contributed by atoms with Crippen molar-refractivity contribution in [1.82, 2.24) is 5.32 Å². The minimum absolute atomic E-state index is 0.102. The maximum atomic E-state index is 13.2. The Kier molecular flexibility index (Phi) is 6.07. The van der Waals surface area contributed by atoms with Gasteiger partial charge in [0.2, 0.25) is 5.91 Å². The highest BCUT2D eigenvalue weighted by Gasteiger charge is 2.49. The van der Waals surface area contributed by atoms with Crippen LogP contribution in [0.15, 0.2) is 48.5 Å². The molecular weight excluding hydrogens is 412 g/mol. The van der Waals surface area contributed by atoms with Gasteiger partial charge in [0.15, 0.2) is 0 Å². The predicted molar refractivity (Wildman–Crippen MR) is 130 cm³/mol. The lowest BCUT2D eigenvalue weighted by atomic mass is 9.67. The molecule has 5 nitrogen and oxygen atoms in total. The zero-order valence-corrected chi connectivity index (χ0v) is 19.3. The van der Waals surface area contributed by atoms with Crippen LogP contribution in [0.1, 0.15) is 72.0 Å². The van der Waals surface area contributed by atoms with Gasteiger partial charge < -0.3 is 15.4 Å². The van der Waals surface area contributed by atoms with E-state index in [1.807, 2.05) is 6.07 Å². The normalized spacial score (nSPS) is 23.5. The molecule has 1 aliphatic carbocycles. The van der Waals surface area contributed by atoms with E-state index < -0.39 is 5.41 Å². The summed E-state index contributed by atoms with van der Waals surface area (Å²) in [5.41, 5.74) is 5.81. The van der Waals surface area contributed by atoms with E-state index in [9.17, 15) is 9.59 Å². The standard InChI is InChI=1S/C28H32N2O3/c1-33-26(31)23-12-13-24-25-22(23)11-7-16-28(25,27(32)30-24)15-6-5-10-21-18-20(14-17-29-21)19-8-3-2-4-9-19/h2-4,8-9,12-14,21,29H,5-7,10-11,15-18H2,1H3,(H,30,32).